The average molecular weight is 356 g/mol. The van der Waals surface area contributed by atoms with Crippen LogP contribution < -0.4 is 4.74 Å². The van der Waals surface area contributed by atoms with Crippen LogP contribution in [0.2, 0.25) is 0 Å². The third kappa shape index (κ3) is 3.02. The molecule has 106 valence electrons. The van der Waals surface area contributed by atoms with E-state index in [1.54, 1.807) is 7.11 Å². The minimum absolute atomic E-state index is 0.316. The third-order valence-corrected chi connectivity index (χ3v) is 4.59. The molecule has 0 atom stereocenters. The second-order valence-electron chi connectivity index (χ2n) is 4.20. The van der Waals surface area contributed by atoms with Gasteiger partial charge >= 0.3 is 5.97 Å². The predicted octanol–water partition coefficient (Wildman–Crippen LogP) is 4.23. The minimum Gasteiger partial charge on any atom is -0.497 e. The number of halogens is 1. The summed E-state index contributed by atoms with van der Waals surface area (Å²) >= 11 is 4.67. The molecule has 0 fully saturated rings. The Morgan fingerprint density at radius 2 is 2.25 bits per heavy atom. The Morgan fingerprint density at radius 1 is 1.50 bits per heavy atom. The molecule has 0 spiro atoms. The maximum atomic E-state index is 11.3. The fourth-order valence-corrected chi connectivity index (χ4v) is 3.38. The number of hydrogen-bond acceptors (Lipinski definition) is 4. The number of carbonyl (C=O) groups is 1. The smallest absolute Gasteiger partial charge is 0.347 e. The fraction of sp³-hybridized carbons (Fsp3) is 0.286. The Morgan fingerprint density at radius 3 is 2.85 bits per heavy atom. The molecule has 1 aromatic carbocycles. The molecule has 1 aromatic heterocycles. The summed E-state index contributed by atoms with van der Waals surface area (Å²) in [5.74, 6) is -0.205. The van der Waals surface area contributed by atoms with Gasteiger partial charge in [0.15, 0.2) is 0 Å². The van der Waals surface area contributed by atoms with Crippen LogP contribution in [0.25, 0.3) is 10.6 Å². The summed E-state index contributed by atoms with van der Waals surface area (Å²) in [6, 6.07) is 5.56. The van der Waals surface area contributed by atoms with Gasteiger partial charge in [-0.1, -0.05) is 29.3 Å². The number of carboxylic acids is 1. The van der Waals surface area contributed by atoms with E-state index < -0.39 is 5.97 Å². The van der Waals surface area contributed by atoms with Gasteiger partial charge in [-0.25, -0.2) is 9.78 Å². The number of nitrogens with zero attached hydrogens (tertiary/aromatic N) is 1. The predicted molar refractivity (Wildman–Crippen MR) is 82.8 cm³/mol. The summed E-state index contributed by atoms with van der Waals surface area (Å²) < 4.78 is 6.07. The molecule has 0 aliphatic heterocycles. The molecule has 2 rings (SSSR count). The van der Waals surface area contributed by atoms with Crippen molar-refractivity contribution in [3.63, 3.8) is 0 Å². The van der Waals surface area contributed by atoms with E-state index in [9.17, 15) is 9.90 Å². The molecule has 0 saturated carbocycles. The maximum Gasteiger partial charge on any atom is 0.347 e. The molecule has 1 heterocycles. The van der Waals surface area contributed by atoms with Gasteiger partial charge in [-0.3, -0.25) is 0 Å². The van der Waals surface area contributed by atoms with Crippen molar-refractivity contribution >= 4 is 33.2 Å². The minimum atomic E-state index is -0.920. The van der Waals surface area contributed by atoms with E-state index in [0.29, 0.717) is 27.7 Å². The zero-order valence-electron chi connectivity index (χ0n) is 11.1. The van der Waals surface area contributed by atoms with Gasteiger partial charge in [-0.05, 0) is 24.6 Å². The molecule has 0 saturated heterocycles. The largest absolute Gasteiger partial charge is 0.497 e. The van der Waals surface area contributed by atoms with Crippen LogP contribution in [0.15, 0.2) is 22.7 Å². The number of hydrogen-bond donors (Lipinski definition) is 1. The van der Waals surface area contributed by atoms with Crippen LogP contribution in [0.1, 0.15) is 28.7 Å². The van der Waals surface area contributed by atoms with Gasteiger partial charge in [-0.15, -0.1) is 11.3 Å². The number of aromatic carboxylic acids is 1. The molecule has 6 heteroatoms. The van der Waals surface area contributed by atoms with Crippen molar-refractivity contribution < 1.29 is 14.6 Å². The van der Waals surface area contributed by atoms with Gasteiger partial charge in [0.1, 0.15) is 15.6 Å². The lowest BCUT2D eigenvalue weighted by molar-refractivity contribution is 0.0700. The highest BCUT2D eigenvalue weighted by Gasteiger charge is 2.19. The van der Waals surface area contributed by atoms with Crippen LogP contribution >= 0.6 is 27.3 Å². The van der Waals surface area contributed by atoms with Crippen LogP contribution in [0.3, 0.4) is 0 Å². The van der Waals surface area contributed by atoms with Crippen molar-refractivity contribution in [1.29, 1.82) is 0 Å². The van der Waals surface area contributed by atoms with Crippen LogP contribution in [-0.2, 0) is 6.42 Å². The SMILES string of the molecule is CCCc1nc(-c2cc(OC)ccc2Br)sc1C(=O)O. The van der Waals surface area contributed by atoms with Crippen molar-refractivity contribution in [1.82, 2.24) is 4.98 Å². The quantitative estimate of drug-likeness (QED) is 0.871. The summed E-state index contributed by atoms with van der Waals surface area (Å²) in [5.41, 5.74) is 1.49. The summed E-state index contributed by atoms with van der Waals surface area (Å²) in [6.45, 7) is 2.01. The molecule has 0 aliphatic carbocycles. The normalized spacial score (nSPS) is 10.6. The Balaban J connectivity index is 2.52. The van der Waals surface area contributed by atoms with Crippen molar-refractivity contribution in [2.24, 2.45) is 0 Å². The molecule has 20 heavy (non-hydrogen) atoms. The number of methoxy groups -OCH3 is 1. The zero-order chi connectivity index (χ0) is 14.7. The topological polar surface area (TPSA) is 59.4 Å². The second-order valence-corrected chi connectivity index (χ2v) is 6.05. The standard InChI is InChI=1S/C14H14BrNO3S/c1-3-4-11-12(14(17)18)20-13(16-11)9-7-8(19-2)5-6-10(9)15/h5-7H,3-4H2,1-2H3,(H,17,18). The molecular weight excluding hydrogens is 342 g/mol. The maximum absolute atomic E-state index is 11.3. The van der Waals surface area contributed by atoms with Gasteiger partial charge in [-0.2, -0.15) is 0 Å². The number of aromatic nitrogens is 1. The van der Waals surface area contributed by atoms with E-state index in [1.807, 2.05) is 25.1 Å². The van der Waals surface area contributed by atoms with Crippen LogP contribution in [0.5, 0.6) is 5.75 Å². The van der Waals surface area contributed by atoms with Gasteiger partial charge in [0, 0.05) is 10.0 Å². The number of carboxylic acid groups (broad SMARTS) is 1. The lowest BCUT2D eigenvalue weighted by Crippen LogP contribution is -1.98. The molecule has 1 N–H and O–H groups in total. The molecule has 4 nitrogen and oxygen atoms in total. The number of aryl methyl sites for hydroxylation is 1. The van der Waals surface area contributed by atoms with Crippen molar-refractivity contribution in [3.05, 3.63) is 33.2 Å². The molecule has 0 unspecified atom stereocenters. The highest BCUT2D eigenvalue weighted by atomic mass is 79.9. The van der Waals surface area contributed by atoms with Crippen molar-refractivity contribution in [3.8, 4) is 16.3 Å². The van der Waals surface area contributed by atoms with E-state index in [2.05, 4.69) is 20.9 Å². The molecule has 0 radical (unpaired) electrons. The number of benzene rings is 1. The summed E-state index contributed by atoms with van der Waals surface area (Å²) in [5, 5.41) is 9.95. The van der Waals surface area contributed by atoms with Crippen LogP contribution in [0.4, 0.5) is 0 Å². The average Bonchev–Trinajstić information content (AvgIpc) is 2.84. The highest BCUT2D eigenvalue weighted by Crippen LogP contribution is 2.35. The first-order chi connectivity index (χ1) is 9.56. The van der Waals surface area contributed by atoms with Gasteiger partial charge in [0.25, 0.3) is 0 Å². The van der Waals surface area contributed by atoms with E-state index in [0.717, 1.165) is 16.5 Å². The molecule has 0 bridgehead atoms. The van der Waals surface area contributed by atoms with Crippen LogP contribution in [0, 0.1) is 0 Å². The lowest BCUT2D eigenvalue weighted by Gasteiger charge is -2.04. The number of ether oxygens (including phenoxy) is 1. The van der Waals surface area contributed by atoms with Crippen molar-refractivity contribution in [2.45, 2.75) is 19.8 Å². The molecular formula is C14H14BrNO3S. The van der Waals surface area contributed by atoms with E-state index >= 15 is 0 Å². The fourth-order valence-electron chi connectivity index (χ4n) is 1.84. The first-order valence-corrected chi connectivity index (χ1v) is 7.74. The summed E-state index contributed by atoms with van der Waals surface area (Å²) in [6.07, 6.45) is 1.53. The van der Waals surface area contributed by atoms with E-state index in [4.69, 9.17) is 4.74 Å². The molecule has 0 aliphatic rings. The Kier molecular flexibility index (Phi) is 4.77. The first-order valence-electron chi connectivity index (χ1n) is 6.13. The second kappa shape index (κ2) is 6.37. The van der Waals surface area contributed by atoms with Gasteiger partial charge in [0.2, 0.25) is 0 Å². The Labute approximate surface area is 129 Å². The number of rotatable bonds is 5. The number of thiazole rings is 1. The Hall–Kier alpha value is -1.40. The lowest BCUT2D eigenvalue weighted by atomic mass is 10.2. The third-order valence-electron chi connectivity index (χ3n) is 2.78. The highest BCUT2D eigenvalue weighted by molar-refractivity contribution is 9.10. The van der Waals surface area contributed by atoms with Gasteiger partial charge < -0.3 is 9.84 Å². The van der Waals surface area contributed by atoms with E-state index in [1.165, 1.54) is 11.3 Å². The zero-order valence-corrected chi connectivity index (χ0v) is 13.5. The molecule has 2 aromatic rings. The molecule has 0 amide bonds. The van der Waals surface area contributed by atoms with Crippen molar-refractivity contribution in [2.75, 3.05) is 7.11 Å². The summed E-state index contributed by atoms with van der Waals surface area (Å²) in [4.78, 5) is 16.1. The van der Waals surface area contributed by atoms with Gasteiger partial charge in [0.05, 0.1) is 12.8 Å². The van der Waals surface area contributed by atoms with Crippen LogP contribution in [-0.4, -0.2) is 23.2 Å². The van der Waals surface area contributed by atoms with E-state index in [-0.39, 0.29) is 0 Å². The monoisotopic (exact) mass is 355 g/mol. The first kappa shape index (κ1) is 15.0. The summed E-state index contributed by atoms with van der Waals surface area (Å²) in [7, 11) is 1.60. The Bertz CT molecular complexity index is 639.